The standard InChI is InChI=1S/C22H18ClNO4/c23-17-9-7-14(8-10-17)20(25)16-5-3-11-24(13-16)21(26)18-12-15-4-1-2-6-19(15)28-22(18)27/h1-2,4,6-10,12,16H,3,5,11,13H2. The lowest BCUT2D eigenvalue weighted by Gasteiger charge is -2.32. The van der Waals surface area contributed by atoms with Crippen LogP contribution in [0.25, 0.3) is 11.0 Å². The molecule has 1 saturated heterocycles. The van der Waals surface area contributed by atoms with Crippen LogP contribution in [0, 0.1) is 5.92 Å². The summed E-state index contributed by atoms with van der Waals surface area (Å²) in [5, 5.41) is 1.26. The number of likely N-dealkylation sites (tertiary alicyclic amines) is 1. The van der Waals surface area contributed by atoms with Gasteiger partial charge in [0, 0.05) is 35.0 Å². The van der Waals surface area contributed by atoms with Gasteiger partial charge in [-0.05, 0) is 49.2 Å². The summed E-state index contributed by atoms with van der Waals surface area (Å²) >= 11 is 5.89. The highest BCUT2D eigenvalue weighted by Crippen LogP contribution is 2.23. The topological polar surface area (TPSA) is 67.6 Å². The molecule has 142 valence electrons. The second-order valence-electron chi connectivity index (χ2n) is 6.95. The molecule has 1 unspecified atom stereocenters. The largest absolute Gasteiger partial charge is 0.422 e. The quantitative estimate of drug-likeness (QED) is 0.492. The number of para-hydroxylation sites is 1. The summed E-state index contributed by atoms with van der Waals surface area (Å²) in [6.07, 6.45) is 1.41. The van der Waals surface area contributed by atoms with Crippen LogP contribution in [-0.4, -0.2) is 29.7 Å². The van der Waals surface area contributed by atoms with Gasteiger partial charge in [0.2, 0.25) is 0 Å². The monoisotopic (exact) mass is 395 g/mol. The highest BCUT2D eigenvalue weighted by atomic mass is 35.5. The highest BCUT2D eigenvalue weighted by molar-refractivity contribution is 6.30. The Morgan fingerprint density at radius 3 is 2.61 bits per heavy atom. The Kier molecular flexibility index (Phi) is 5.01. The van der Waals surface area contributed by atoms with E-state index < -0.39 is 11.5 Å². The van der Waals surface area contributed by atoms with Crippen molar-refractivity contribution in [3.05, 3.63) is 81.2 Å². The number of amides is 1. The summed E-state index contributed by atoms with van der Waals surface area (Å²) in [5.41, 5.74) is 0.362. The van der Waals surface area contributed by atoms with Gasteiger partial charge in [-0.2, -0.15) is 0 Å². The molecule has 0 radical (unpaired) electrons. The Morgan fingerprint density at radius 1 is 1.07 bits per heavy atom. The molecule has 5 nitrogen and oxygen atoms in total. The lowest BCUT2D eigenvalue weighted by atomic mass is 9.89. The first-order valence-electron chi connectivity index (χ1n) is 9.15. The number of carbonyl (C=O) groups is 2. The van der Waals surface area contributed by atoms with E-state index in [-0.39, 0.29) is 23.8 Å². The van der Waals surface area contributed by atoms with E-state index in [4.69, 9.17) is 16.0 Å². The maximum Gasteiger partial charge on any atom is 0.349 e. The SMILES string of the molecule is O=C(c1ccc(Cl)cc1)C1CCCN(C(=O)c2cc3ccccc3oc2=O)C1. The number of hydrogen-bond donors (Lipinski definition) is 0. The Bertz CT molecular complexity index is 1100. The Labute approximate surface area is 166 Å². The van der Waals surface area contributed by atoms with Crippen LogP contribution < -0.4 is 5.63 Å². The molecule has 0 aliphatic carbocycles. The molecule has 6 heteroatoms. The minimum atomic E-state index is -0.658. The van der Waals surface area contributed by atoms with Crippen molar-refractivity contribution in [2.75, 3.05) is 13.1 Å². The van der Waals surface area contributed by atoms with Gasteiger partial charge in [0.1, 0.15) is 11.1 Å². The van der Waals surface area contributed by atoms with Crippen molar-refractivity contribution in [2.24, 2.45) is 5.92 Å². The van der Waals surface area contributed by atoms with E-state index in [1.165, 1.54) is 0 Å². The molecule has 1 aliphatic heterocycles. The van der Waals surface area contributed by atoms with Crippen molar-refractivity contribution in [3.63, 3.8) is 0 Å². The number of halogens is 1. The molecule has 1 fully saturated rings. The molecule has 4 rings (SSSR count). The van der Waals surface area contributed by atoms with E-state index in [1.807, 2.05) is 6.07 Å². The molecule has 1 atom stereocenters. The molecule has 0 bridgehead atoms. The van der Waals surface area contributed by atoms with Crippen molar-refractivity contribution in [3.8, 4) is 0 Å². The van der Waals surface area contributed by atoms with E-state index in [2.05, 4.69) is 0 Å². The zero-order valence-electron chi connectivity index (χ0n) is 15.1. The van der Waals surface area contributed by atoms with Gasteiger partial charge in [0.05, 0.1) is 0 Å². The lowest BCUT2D eigenvalue weighted by molar-refractivity contribution is 0.0634. The fourth-order valence-electron chi connectivity index (χ4n) is 3.61. The normalized spacial score (nSPS) is 16.9. The second kappa shape index (κ2) is 7.60. The number of ketones is 1. The molecule has 3 aromatic rings. The highest BCUT2D eigenvalue weighted by Gasteiger charge is 2.30. The van der Waals surface area contributed by atoms with Crippen LogP contribution in [0.1, 0.15) is 33.6 Å². The van der Waals surface area contributed by atoms with E-state index in [9.17, 15) is 14.4 Å². The minimum absolute atomic E-state index is 0.00158. The summed E-state index contributed by atoms with van der Waals surface area (Å²) in [4.78, 5) is 39.6. The van der Waals surface area contributed by atoms with Crippen LogP contribution in [-0.2, 0) is 0 Å². The molecule has 1 aliphatic rings. The molecule has 28 heavy (non-hydrogen) atoms. The molecular weight excluding hydrogens is 378 g/mol. The van der Waals surface area contributed by atoms with Crippen molar-refractivity contribution in [2.45, 2.75) is 12.8 Å². The summed E-state index contributed by atoms with van der Waals surface area (Å²) in [5.74, 6) is -0.709. The van der Waals surface area contributed by atoms with E-state index in [0.717, 1.165) is 0 Å². The van der Waals surface area contributed by atoms with Crippen molar-refractivity contribution in [1.29, 1.82) is 0 Å². The van der Waals surface area contributed by atoms with Gasteiger partial charge in [-0.1, -0.05) is 29.8 Å². The van der Waals surface area contributed by atoms with Crippen LogP contribution in [0.2, 0.25) is 5.02 Å². The number of rotatable bonds is 3. The molecule has 2 heterocycles. The van der Waals surface area contributed by atoms with Crippen LogP contribution >= 0.6 is 11.6 Å². The van der Waals surface area contributed by atoms with E-state index in [1.54, 1.807) is 53.4 Å². The van der Waals surface area contributed by atoms with Crippen molar-refractivity contribution in [1.82, 2.24) is 4.90 Å². The van der Waals surface area contributed by atoms with Gasteiger partial charge >= 0.3 is 5.63 Å². The van der Waals surface area contributed by atoms with Crippen molar-refractivity contribution < 1.29 is 14.0 Å². The van der Waals surface area contributed by atoms with E-state index in [0.29, 0.717) is 40.9 Å². The molecule has 0 spiro atoms. The van der Waals surface area contributed by atoms with Crippen LogP contribution in [0.3, 0.4) is 0 Å². The summed E-state index contributed by atoms with van der Waals surface area (Å²) < 4.78 is 5.28. The number of fused-ring (bicyclic) bond motifs is 1. The lowest BCUT2D eigenvalue weighted by Crippen LogP contribution is -2.43. The predicted octanol–water partition coefficient (Wildman–Crippen LogP) is 4.18. The fourth-order valence-corrected chi connectivity index (χ4v) is 3.73. The zero-order valence-corrected chi connectivity index (χ0v) is 15.8. The van der Waals surface area contributed by atoms with Gasteiger partial charge < -0.3 is 9.32 Å². The number of Topliss-reactive ketones (excluding diaryl/α,β-unsaturated/α-hetero) is 1. The van der Waals surface area contributed by atoms with Gasteiger partial charge in [0.15, 0.2) is 5.78 Å². The average molecular weight is 396 g/mol. The minimum Gasteiger partial charge on any atom is -0.422 e. The number of carbonyl (C=O) groups excluding carboxylic acids is 2. The third kappa shape index (κ3) is 3.58. The van der Waals surface area contributed by atoms with Gasteiger partial charge in [-0.15, -0.1) is 0 Å². The summed E-state index contributed by atoms with van der Waals surface area (Å²) in [7, 11) is 0. The Morgan fingerprint density at radius 2 is 1.82 bits per heavy atom. The number of hydrogen-bond acceptors (Lipinski definition) is 4. The first-order valence-corrected chi connectivity index (χ1v) is 9.52. The molecular formula is C22H18ClNO4. The first-order chi connectivity index (χ1) is 13.5. The van der Waals surface area contributed by atoms with Gasteiger partial charge in [-0.3, -0.25) is 9.59 Å². The maximum absolute atomic E-state index is 13.0. The van der Waals surface area contributed by atoms with Gasteiger partial charge in [-0.25, -0.2) is 4.79 Å². The number of benzene rings is 2. The molecule has 1 aromatic heterocycles. The van der Waals surface area contributed by atoms with Gasteiger partial charge in [0.25, 0.3) is 5.91 Å². The fraction of sp³-hybridized carbons (Fsp3) is 0.227. The molecule has 1 amide bonds. The number of nitrogens with zero attached hydrogens (tertiary/aromatic N) is 1. The summed E-state index contributed by atoms with van der Waals surface area (Å²) in [6, 6.07) is 15.4. The van der Waals surface area contributed by atoms with E-state index >= 15 is 0 Å². The summed E-state index contributed by atoms with van der Waals surface area (Å²) in [6.45, 7) is 0.794. The first kappa shape index (κ1) is 18.4. The van der Waals surface area contributed by atoms with Crippen LogP contribution in [0.15, 0.2) is 63.8 Å². The third-order valence-electron chi connectivity index (χ3n) is 5.08. The smallest absolute Gasteiger partial charge is 0.349 e. The zero-order chi connectivity index (χ0) is 19.7. The average Bonchev–Trinajstić information content (AvgIpc) is 2.73. The van der Waals surface area contributed by atoms with Crippen LogP contribution in [0.4, 0.5) is 0 Å². The Balaban J connectivity index is 1.57. The van der Waals surface area contributed by atoms with Crippen molar-refractivity contribution >= 4 is 34.3 Å². The number of piperidine rings is 1. The molecule has 0 N–H and O–H groups in total. The maximum atomic E-state index is 13.0. The molecule has 0 saturated carbocycles. The second-order valence-corrected chi connectivity index (χ2v) is 7.38. The van der Waals surface area contributed by atoms with Crippen LogP contribution in [0.5, 0.6) is 0 Å². The molecule has 2 aromatic carbocycles. The third-order valence-corrected chi connectivity index (χ3v) is 5.33. The predicted molar refractivity (Wildman–Crippen MR) is 107 cm³/mol. The Hall–Kier alpha value is -2.92.